The second kappa shape index (κ2) is 8.82. The summed E-state index contributed by atoms with van der Waals surface area (Å²) in [6.45, 7) is 2.10. The molecule has 0 unspecified atom stereocenters. The van der Waals surface area contributed by atoms with E-state index in [0.29, 0.717) is 17.4 Å². The van der Waals surface area contributed by atoms with Crippen LogP contribution in [0.15, 0.2) is 78.9 Å². The minimum absolute atomic E-state index is 0.178. The number of aryl methyl sites for hydroxylation is 1. The molecule has 1 nitrogen and oxygen atoms in total. The van der Waals surface area contributed by atoms with Crippen molar-refractivity contribution in [1.29, 1.82) is 0 Å². The number of hydrogen-bond donors (Lipinski definition) is 0. The lowest BCUT2D eigenvalue weighted by molar-refractivity contribution is 0.0979. The summed E-state index contributed by atoms with van der Waals surface area (Å²) in [5, 5.41) is 0.657. The first-order valence-electron chi connectivity index (χ1n) is 9.04. The first-order chi connectivity index (χ1) is 12.6. The van der Waals surface area contributed by atoms with Crippen LogP contribution < -0.4 is 0 Å². The second-order valence-electron chi connectivity index (χ2n) is 6.70. The summed E-state index contributed by atoms with van der Waals surface area (Å²) < 4.78 is 0. The van der Waals surface area contributed by atoms with Gasteiger partial charge in [-0.15, -0.1) is 0 Å². The zero-order valence-corrected chi connectivity index (χ0v) is 15.7. The number of hydrogen-bond acceptors (Lipinski definition) is 1. The summed E-state index contributed by atoms with van der Waals surface area (Å²) in [7, 11) is 0. The van der Waals surface area contributed by atoms with Crippen LogP contribution in [0.5, 0.6) is 0 Å². The zero-order chi connectivity index (χ0) is 18.4. The molecule has 0 saturated carbocycles. The van der Waals surface area contributed by atoms with Crippen LogP contribution in [0.25, 0.3) is 0 Å². The van der Waals surface area contributed by atoms with Gasteiger partial charge in [-0.2, -0.15) is 0 Å². The molecule has 0 aliphatic heterocycles. The van der Waals surface area contributed by atoms with Gasteiger partial charge < -0.3 is 0 Å². The number of benzene rings is 3. The molecule has 0 fully saturated rings. The third-order valence-corrected chi connectivity index (χ3v) is 5.00. The zero-order valence-electron chi connectivity index (χ0n) is 15.0. The number of carbonyl (C=O) groups is 1. The molecule has 0 radical (unpaired) electrons. The van der Waals surface area contributed by atoms with Crippen molar-refractivity contribution in [1.82, 2.24) is 0 Å². The molecule has 3 aromatic rings. The molecular weight excluding hydrogens is 340 g/mol. The van der Waals surface area contributed by atoms with Gasteiger partial charge in [-0.25, -0.2) is 0 Å². The highest BCUT2D eigenvalue weighted by atomic mass is 35.5. The standard InChI is InChI=1S/C24H23ClO/c1-18-10-12-20(13-11-18)23(19-6-3-2-4-7-19)8-5-9-24(26)21-14-16-22(25)17-15-21/h2-4,6-7,10-17,23H,5,8-9H2,1H3/t23-/m1/s1. The third kappa shape index (κ3) is 4.83. The van der Waals surface area contributed by atoms with Crippen molar-refractivity contribution >= 4 is 17.4 Å². The lowest BCUT2D eigenvalue weighted by atomic mass is 9.86. The van der Waals surface area contributed by atoms with Gasteiger partial charge in [0, 0.05) is 22.9 Å². The summed E-state index contributed by atoms with van der Waals surface area (Å²) in [4.78, 5) is 12.4. The Hall–Kier alpha value is -2.38. The maximum absolute atomic E-state index is 12.4. The van der Waals surface area contributed by atoms with Crippen LogP contribution in [0.1, 0.15) is 52.2 Å². The Morgan fingerprint density at radius 1 is 0.846 bits per heavy atom. The Bertz CT molecular complexity index is 836. The predicted octanol–water partition coefficient (Wildman–Crippen LogP) is 6.83. The monoisotopic (exact) mass is 362 g/mol. The SMILES string of the molecule is Cc1ccc([C@H](CCCC(=O)c2ccc(Cl)cc2)c2ccccc2)cc1. The van der Waals surface area contributed by atoms with Crippen molar-refractivity contribution in [3.8, 4) is 0 Å². The molecule has 0 bridgehead atoms. The highest BCUT2D eigenvalue weighted by molar-refractivity contribution is 6.30. The van der Waals surface area contributed by atoms with E-state index in [4.69, 9.17) is 11.6 Å². The topological polar surface area (TPSA) is 17.1 Å². The van der Waals surface area contributed by atoms with Gasteiger partial charge in [0.25, 0.3) is 0 Å². The smallest absolute Gasteiger partial charge is 0.162 e. The number of ketones is 1. The van der Waals surface area contributed by atoms with E-state index in [2.05, 4.69) is 55.5 Å². The highest BCUT2D eigenvalue weighted by Crippen LogP contribution is 2.30. The average Bonchev–Trinajstić information content (AvgIpc) is 2.67. The fourth-order valence-electron chi connectivity index (χ4n) is 3.26. The first-order valence-corrected chi connectivity index (χ1v) is 9.41. The highest BCUT2D eigenvalue weighted by Gasteiger charge is 2.15. The molecule has 0 aliphatic rings. The lowest BCUT2D eigenvalue weighted by Crippen LogP contribution is -2.04. The molecule has 0 heterocycles. The molecule has 2 heteroatoms. The molecule has 0 aromatic heterocycles. The Balaban J connectivity index is 1.69. The molecule has 0 N–H and O–H groups in total. The number of rotatable bonds is 7. The van der Waals surface area contributed by atoms with E-state index in [0.717, 1.165) is 18.4 Å². The molecule has 3 rings (SSSR count). The van der Waals surface area contributed by atoms with Crippen LogP contribution in [-0.4, -0.2) is 5.78 Å². The average molecular weight is 363 g/mol. The van der Waals surface area contributed by atoms with E-state index in [-0.39, 0.29) is 5.78 Å². The van der Waals surface area contributed by atoms with E-state index in [1.54, 1.807) is 24.3 Å². The Kier molecular flexibility index (Phi) is 6.25. The van der Waals surface area contributed by atoms with Crippen molar-refractivity contribution in [2.75, 3.05) is 0 Å². The molecule has 0 amide bonds. The second-order valence-corrected chi connectivity index (χ2v) is 7.13. The maximum atomic E-state index is 12.4. The van der Waals surface area contributed by atoms with E-state index in [1.165, 1.54) is 16.7 Å². The van der Waals surface area contributed by atoms with E-state index in [1.807, 2.05) is 6.07 Å². The van der Waals surface area contributed by atoms with Gasteiger partial charge in [-0.1, -0.05) is 71.8 Å². The summed E-state index contributed by atoms with van der Waals surface area (Å²) in [5.41, 5.74) is 4.61. The fourth-order valence-corrected chi connectivity index (χ4v) is 3.38. The fraction of sp³-hybridized carbons (Fsp3) is 0.208. The molecule has 132 valence electrons. The van der Waals surface area contributed by atoms with Crippen LogP contribution in [0.3, 0.4) is 0 Å². The van der Waals surface area contributed by atoms with Crippen molar-refractivity contribution in [2.24, 2.45) is 0 Å². The van der Waals surface area contributed by atoms with E-state index < -0.39 is 0 Å². The van der Waals surface area contributed by atoms with Crippen LogP contribution in [0.4, 0.5) is 0 Å². The van der Waals surface area contributed by atoms with Crippen molar-refractivity contribution in [3.63, 3.8) is 0 Å². The van der Waals surface area contributed by atoms with Gasteiger partial charge in [0.15, 0.2) is 5.78 Å². The molecule has 0 saturated heterocycles. The Labute approximate surface area is 160 Å². The van der Waals surface area contributed by atoms with Crippen LogP contribution >= 0.6 is 11.6 Å². The third-order valence-electron chi connectivity index (χ3n) is 4.74. The largest absolute Gasteiger partial charge is 0.294 e. The van der Waals surface area contributed by atoms with Gasteiger partial charge in [0.2, 0.25) is 0 Å². The summed E-state index contributed by atoms with van der Waals surface area (Å²) in [5.74, 6) is 0.493. The lowest BCUT2D eigenvalue weighted by Gasteiger charge is -2.18. The van der Waals surface area contributed by atoms with Gasteiger partial charge in [0.05, 0.1) is 0 Å². The summed E-state index contributed by atoms with van der Waals surface area (Å²) >= 11 is 5.90. The van der Waals surface area contributed by atoms with Gasteiger partial charge >= 0.3 is 0 Å². The quantitative estimate of drug-likeness (QED) is 0.421. The molecule has 26 heavy (non-hydrogen) atoms. The van der Waals surface area contributed by atoms with E-state index >= 15 is 0 Å². The minimum atomic E-state index is 0.178. The van der Waals surface area contributed by atoms with Crippen LogP contribution in [0, 0.1) is 6.92 Å². The van der Waals surface area contributed by atoms with Gasteiger partial charge in [-0.05, 0) is 55.2 Å². The van der Waals surface area contributed by atoms with E-state index in [9.17, 15) is 4.79 Å². The summed E-state index contributed by atoms with van der Waals surface area (Å²) in [6, 6.07) is 26.4. The number of Topliss-reactive ketones (excluding diaryl/α,β-unsaturated/α-hetero) is 1. The van der Waals surface area contributed by atoms with Gasteiger partial charge in [-0.3, -0.25) is 4.79 Å². The van der Waals surface area contributed by atoms with Gasteiger partial charge in [0.1, 0.15) is 0 Å². The minimum Gasteiger partial charge on any atom is -0.294 e. The van der Waals surface area contributed by atoms with Crippen LogP contribution in [0.2, 0.25) is 5.02 Å². The molecule has 0 spiro atoms. The maximum Gasteiger partial charge on any atom is 0.162 e. The molecular formula is C24H23ClO. The van der Waals surface area contributed by atoms with Crippen molar-refractivity contribution in [3.05, 3.63) is 106 Å². The Morgan fingerprint density at radius 2 is 1.46 bits per heavy atom. The van der Waals surface area contributed by atoms with Crippen LogP contribution in [-0.2, 0) is 0 Å². The van der Waals surface area contributed by atoms with Crippen molar-refractivity contribution in [2.45, 2.75) is 32.1 Å². The number of halogens is 1. The molecule has 0 aliphatic carbocycles. The molecule has 1 atom stereocenters. The predicted molar refractivity (Wildman–Crippen MR) is 109 cm³/mol. The first kappa shape index (κ1) is 18.4. The number of carbonyl (C=O) groups excluding carboxylic acids is 1. The Morgan fingerprint density at radius 3 is 2.12 bits per heavy atom. The molecule has 3 aromatic carbocycles. The normalized spacial score (nSPS) is 11.9. The summed E-state index contributed by atoms with van der Waals surface area (Å²) in [6.07, 6.45) is 2.36. The van der Waals surface area contributed by atoms with Crippen molar-refractivity contribution < 1.29 is 4.79 Å².